The van der Waals surface area contributed by atoms with E-state index in [1.807, 2.05) is 49.9 Å². The van der Waals surface area contributed by atoms with Crippen molar-refractivity contribution < 1.29 is 18.7 Å². The fourth-order valence-corrected chi connectivity index (χ4v) is 4.00. The van der Waals surface area contributed by atoms with Gasteiger partial charge in [-0.05, 0) is 44.5 Å². The molecule has 0 bridgehead atoms. The molecular weight excluding hydrogens is 371 g/mol. The van der Waals surface area contributed by atoms with E-state index < -0.39 is 17.6 Å². The summed E-state index contributed by atoms with van der Waals surface area (Å²) in [5.74, 6) is -1.37. The van der Waals surface area contributed by atoms with Crippen LogP contribution in [0.4, 0.5) is 10.1 Å². The Morgan fingerprint density at radius 3 is 2.24 bits per heavy atom. The van der Waals surface area contributed by atoms with Crippen LogP contribution in [0.5, 0.6) is 0 Å². The molecule has 0 saturated carbocycles. The summed E-state index contributed by atoms with van der Waals surface area (Å²) in [6.07, 6.45) is -0.145. The van der Waals surface area contributed by atoms with Crippen molar-refractivity contribution in [3.63, 3.8) is 0 Å². The summed E-state index contributed by atoms with van der Waals surface area (Å²) in [5, 5.41) is 0. The third-order valence-electron chi connectivity index (χ3n) is 5.20. The van der Waals surface area contributed by atoms with Crippen molar-refractivity contribution in [3.05, 3.63) is 71.2 Å². The zero-order valence-electron chi connectivity index (χ0n) is 16.7. The van der Waals surface area contributed by atoms with Gasteiger partial charge in [0, 0.05) is 13.1 Å². The zero-order valence-corrected chi connectivity index (χ0v) is 16.7. The van der Waals surface area contributed by atoms with Gasteiger partial charge in [0.2, 0.25) is 0 Å². The van der Waals surface area contributed by atoms with Gasteiger partial charge in [0.1, 0.15) is 11.5 Å². The number of amides is 2. The minimum Gasteiger partial charge on any atom is -0.372 e. The Hall–Kier alpha value is -2.99. The van der Waals surface area contributed by atoms with Gasteiger partial charge in [0.05, 0.1) is 23.5 Å². The number of carbonyl (C=O) groups is 2. The molecular formula is C23H23FN2O3. The van der Waals surface area contributed by atoms with Crippen LogP contribution in [0, 0.1) is 12.7 Å². The van der Waals surface area contributed by atoms with Crippen LogP contribution in [0.25, 0.3) is 5.57 Å². The number of hydrogen-bond acceptors (Lipinski definition) is 4. The number of morpholine rings is 1. The summed E-state index contributed by atoms with van der Waals surface area (Å²) in [7, 11) is 0. The van der Waals surface area contributed by atoms with Crippen molar-refractivity contribution in [2.24, 2.45) is 0 Å². The van der Waals surface area contributed by atoms with Crippen LogP contribution in [-0.2, 0) is 14.3 Å². The number of ether oxygens (including phenoxy) is 1. The van der Waals surface area contributed by atoms with E-state index >= 15 is 0 Å². The second kappa shape index (κ2) is 7.44. The third kappa shape index (κ3) is 3.56. The van der Waals surface area contributed by atoms with Gasteiger partial charge in [-0.25, -0.2) is 9.29 Å². The van der Waals surface area contributed by atoms with Crippen LogP contribution in [0.15, 0.2) is 54.2 Å². The second-order valence-electron chi connectivity index (χ2n) is 7.68. The molecule has 5 nitrogen and oxygen atoms in total. The summed E-state index contributed by atoms with van der Waals surface area (Å²) >= 11 is 0. The first-order valence-corrected chi connectivity index (χ1v) is 9.71. The van der Waals surface area contributed by atoms with Crippen LogP contribution in [0.3, 0.4) is 0 Å². The predicted molar refractivity (Wildman–Crippen MR) is 109 cm³/mol. The molecule has 2 amide bonds. The molecule has 1 fully saturated rings. The Morgan fingerprint density at radius 2 is 1.62 bits per heavy atom. The number of aryl methyl sites for hydroxylation is 1. The number of carbonyl (C=O) groups excluding carboxylic acids is 2. The van der Waals surface area contributed by atoms with Crippen molar-refractivity contribution in [1.29, 1.82) is 0 Å². The van der Waals surface area contributed by atoms with Gasteiger partial charge in [-0.3, -0.25) is 9.59 Å². The maximum Gasteiger partial charge on any atom is 0.282 e. The van der Waals surface area contributed by atoms with E-state index in [9.17, 15) is 14.0 Å². The minimum absolute atomic E-state index is 0.0726. The molecule has 0 aromatic heterocycles. The highest BCUT2D eigenvalue weighted by molar-refractivity contribution is 6.45. The first-order chi connectivity index (χ1) is 13.8. The maximum absolute atomic E-state index is 13.8. The summed E-state index contributed by atoms with van der Waals surface area (Å²) in [6.45, 7) is 6.86. The van der Waals surface area contributed by atoms with E-state index in [2.05, 4.69) is 0 Å². The lowest BCUT2D eigenvalue weighted by Crippen LogP contribution is -2.47. The molecule has 0 spiro atoms. The minimum atomic E-state index is -0.498. The van der Waals surface area contributed by atoms with E-state index in [4.69, 9.17) is 4.74 Å². The Balaban J connectivity index is 1.84. The SMILES string of the molecule is Cc1ccc(C2=C(N3CC(C)OC(C)C3)C(=O)N(c3cccc(F)c3)C2=O)cc1. The van der Waals surface area contributed by atoms with Gasteiger partial charge in [-0.1, -0.05) is 35.9 Å². The Morgan fingerprint density at radius 1 is 0.966 bits per heavy atom. The van der Waals surface area contributed by atoms with E-state index in [1.54, 1.807) is 6.07 Å². The number of rotatable bonds is 3. The highest BCUT2D eigenvalue weighted by Crippen LogP contribution is 2.36. The first kappa shape index (κ1) is 19.3. The fourth-order valence-electron chi connectivity index (χ4n) is 4.00. The largest absolute Gasteiger partial charge is 0.372 e. The topological polar surface area (TPSA) is 49.9 Å². The van der Waals surface area contributed by atoms with Crippen LogP contribution in [-0.4, -0.2) is 42.0 Å². The smallest absolute Gasteiger partial charge is 0.282 e. The number of nitrogens with zero attached hydrogens (tertiary/aromatic N) is 2. The number of hydrogen-bond donors (Lipinski definition) is 0. The van der Waals surface area contributed by atoms with Gasteiger partial charge >= 0.3 is 0 Å². The zero-order chi connectivity index (χ0) is 20.7. The van der Waals surface area contributed by atoms with Crippen molar-refractivity contribution in [1.82, 2.24) is 4.90 Å². The van der Waals surface area contributed by atoms with Gasteiger partial charge in [0.15, 0.2) is 0 Å². The van der Waals surface area contributed by atoms with Crippen LogP contribution in [0.1, 0.15) is 25.0 Å². The fraction of sp³-hybridized carbons (Fsp3) is 0.304. The molecule has 2 heterocycles. The molecule has 0 N–H and O–H groups in total. The Kier molecular flexibility index (Phi) is 4.96. The van der Waals surface area contributed by atoms with Crippen LogP contribution in [0.2, 0.25) is 0 Å². The molecule has 6 heteroatoms. The van der Waals surface area contributed by atoms with E-state index in [0.717, 1.165) is 10.5 Å². The molecule has 2 aromatic rings. The average molecular weight is 394 g/mol. The molecule has 1 saturated heterocycles. The van der Waals surface area contributed by atoms with E-state index in [-0.39, 0.29) is 17.9 Å². The lowest BCUT2D eigenvalue weighted by Gasteiger charge is -2.37. The molecule has 29 heavy (non-hydrogen) atoms. The lowest BCUT2D eigenvalue weighted by molar-refractivity contribution is -0.121. The van der Waals surface area contributed by atoms with Gasteiger partial charge in [-0.2, -0.15) is 0 Å². The van der Waals surface area contributed by atoms with Gasteiger partial charge < -0.3 is 9.64 Å². The molecule has 2 aliphatic heterocycles. The normalized spacial score (nSPS) is 22.6. The number of imide groups is 1. The molecule has 0 radical (unpaired) electrons. The van der Waals surface area contributed by atoms with E-state index in [1.165, 1.54) is 18.2 Å². The molecule has 2 unspecified atom stereocenters. The van der Waals surface area contributed by atoms with Crippen molar-refractivity contribution in [3.8, 4) is 0 Å². The summed E-state index contributed by atoms with van der Waals surface area (Å²) < 4.78 is 19.6. The van der Waals surface area contributed by atoms with Crippen molar-refractivity contribution in [2.75, 3.05) is 18.0 Å². The lowest BCUT2D eigenvalue weighted by atomic mass is 10.0. The van der Waals surface area contributed by atoms with Crippen LogP contribution >= 0.6 is 0 Å². The molecule has 2 aromatic carbocycles. The van der Waals surface area contributed by atoms with E-state index in [0.29, 0.717) is 29.9 Å². The Bertz CT molecular complexity index is 989. The molecule has 2 aliphatic rings. The molecule has 150 valence electrons. The van der Waals surface area contributed by atoms with Crippen molar-refractivity contribution in [2.45, 2.75) is 33.0 Å². The highest BCUT2D eigenvalue weighted by Gasteiger charge is 2.43. The van der Waals surface area contributed by atoms with Gasteiger partial charge in [-0.15, -0.1) is 0 Å². The summed E-state index contributed by atoms with van der Waals surface area (Å²) in [4.78, 5) is 29.8. The highest BCUT2D eigenvalue weighted by atomic mass is 19.1. The first-order valence-electron chi connectivity index (χ1n) is 9.71. The molecule has 0 aliphatic carbocycles. The summed E-state index contributed by atoms with van der Waals surface area (Å²) in [6, 6.07) is 13.1. The maximum atomic E-state index is 13.8. The second-order valence-corrected chi connectivity index (χ2v) is 7.68. The summed E-state index contributed by atoms with van der Waals surface area (Å²) in [5.41, 5.74) is 2.66. The quantitative estimate of drug-likeness (QED) is 0.748. The monoisotopic (exact) mass is 394 g/mol. The van der Waals surface area contributed by atoms with Crippen molar-refractivity contribution >= 4 is 23.1 Å². The third-order valence-corrected chi connectivity index (χ3v) is 5.20. The number of benzene rings is 2. The van der Waals surface area contributed by atoms with Gasteiger partial charge in [0.25, 0.3) is 11.8 Å². The van der Waals surface area contributed by atoms with Crippen LogP contribution < -0.4 is 4.90 Å². The Labute approximate surface area is 169 Å². The standard InChI is InChI=1S/C23H23FN2O3/c1-14-7-9-17(10-8-14)20-21(25-12-15(2)29-16(3)13-25)23(28)26(22(20)27)19-6-4-5-18(24)11-19/h4-11,15-16H,12-13H2,1-3H3. The molecule has 4 rings (SSSR count). The predicted octanol–water partition coefficient (Wildman–Crippen LogP) is 3.53. The number of halogens is 1. The number of anilines is 1. The molecule has 2 atom stereocenters. The average Bonchev–Trinajstić information content (AvgIpc) is 2.92.